The van der Waals surface area contributed by atoms with Gasteiger partial charge in [0.25, 0.3) is 5.91 Å². The van der Waals surface area contributed by atoms with Gasteiger partial charge < -0.3 is 25.4 Å². The SMILES string of the molecule is CCNC(=O)OC12CC3CC(C1)C(NC(=O)c1cnn(C=CC(C)(C)NC(=O)OC)c1C(F)(F)F)C(C3)C2. The molecule has 10 nitrogen and oxygen atoms in total. The summed E-state index contributed by atoms with van der Waals surface area (Å²) in [4.78, 5) is 36.8. The Morgan fingerprint density at radius 2 is 1.82 bits per heavy atom. The van der Waals surface area contributed by atoms with Crippen molar-refractivity contribution in [1.29, 1.82) is 0 Å². The van der Waals surface area contributed by atoms with E-state index in [1.165, 1.54) is 13.2 Å². The average Bonchev–Trinajstić information content (AvgIpc) is 3.24. The molecule has 0 saturated heterocycles. The summed E-state index contributed by atoms with van der Waals surface area (Å²) >= 11 is 0. The first-order chi connectivity index (χ1) is 17.8. The maximum Gasteiger partial charge on any atom is 0.434 e. The Balaban J connectivity index is 1.51. The molecular weight excluding hydrogens is 507 g/mol. The summed E-state index contributed by atoms with van der Waals surface area (Å²) < 4.78 is 53.1. The summed E-state index contributed by atoms with van der Waals surface area (Å²) in [5.41, 5.74) is -3.42. The molecule has 3 N–H and O–H groups in total. The molecule has 4 bridgehead atoms. The number of carbonyl (C=O) groups is 3. The second kappa shape index (κ2) is 10.1. The van der Waals surface area contributed by atoms with Crippen LogP contribution in [0.5, 0.6) is 0 Å². The Kier molecular flexibility index (Phi) is 7.41. The number of aromatic nitrogens is 2. The number of alkyl carbamates (subject to hydrolysis) is 2. The number of halogens is 3. The monoisotopic (exact) mass is 541 g/mol. The summed E-state index contributed by atoms with van der Waals surface area (Å²) in [6.45, 7) is 5.40. The van der Waals surface area contributed by atoms with Crippen molar-refractivity contribution in [3.8, 4) is 0 Å². The maximum atomic E-state index is 14.1. The molecule has 1 heterocycles. The van der Waals surface area contributed by atoms with Gasteiger partial charge in [-0.1, -0.05) is 0 Å². The van der Waals surface area contributed by atoms with Crippen LogP contribution in [0.2, 0.25) is 0 Å². The Morgan fingerprint density at radius 1 is 1.16 bits per heavy atom. The van der Waals surface area contributed by atoms with Crippen LogP contribution in [0.3, 0.4) is 0 Å². The Hall–Kier alpha value is -3.25. The summed E-state index contributed by atoms with van der Waals surface area (Å²) in [7, 11) is 1.18. The molecule has 4 saturated carbocycles. The molecule has 1 aromatic rings. The quantitative estimate of drug-likeness (QED) is 0.481. The minimum atomic E-state index is -4.86. The molecule has 0 radical (unpaired) electrons. The third kappa shape index (κ3) is 5.75. The second-order valence-corrected chi connectivity index (χ2v) is 11.1. The van der Waals surface area contributed by atoms with Gasteiger partial charge in [-0.25, -0.2) is 14.3 Å². The van der Waals surface area contributed by atoms with Crippen LogP contribution in [-0.4, -0.2) is 58.7 Å². The standard InChI is InChI=1S/C25H34F3N5O5/c1-5-29-21(35)38-24-10-14-8-15(11-24)18(16(9-14)12-24)31-20(34)17-13-30-33(19(17)25(26,27)28)7-6-23(2,3)32-22(36)37-4/h6-7,13-16,18H,5,8-12H2,1-4H3,(H,29,35)(H,31,34)(H,32,36). The van der Waals surface area contributed by atoms with E-state index in [0.29, 0.717) is 30.0 Å². The van der Waals surface area contributed by atoms with Crippen LogP contribution in [0.25, 0.3) is 6.20 Å². The number of rotatable bonds is 7. The van der Waals surface area contributed by atoms with E-state index in [2.05, 4.69) is 25.8 Å². The van der Waals surface area contributed by atoms with E-state index < -0.39 is 46.7 Å². The second-order valence-electron chi connectivity index (χ2n) is 11.1. The zero-order chi connectivity index (χ0) is 27.9. The number of hydrogen-bond donors (Lipinski definition) is 3. The van der Waals surface area contributed by atoms with E-state index in [1.54, 1.807) is 20.8 Å². The molecule has 2 unspecified atom stereocenters. The van der Waals surface area contributed by atoms with E-state index in [4.69, 9.17) is 4.74 Å². The number of ether oxygens (including phenoxy) is 2. The number of nitrogens with one attached hydrogen (secondary N) is 3. The molecule has 210 valence electrons. The lowest BCUT2D eigenvalue weighted by atomic mass is 9.52. The minimum Gasteiger partial charge on any atom is -0.453 e. The molecule has 4 aliphatic rings. The normalized spacial score (nSPS) is 28.3. The van der Waals surface area contributed by atoms with E-state index in [1.807, 2.05) is 0 Å². The fourth-order valence-electron chi connectivity index (χ4n) is 6.45. The summed E-state index contributed by atoms with van der Waals surface area (Å²) in [6.07, 6.45) is 0.784. The highest BCUT2D eigenvalue weighted by atomic mass is 19.4. The van der Waals surface area contributed by atoms with E-state index in [-0.39, 0.29) is 17.9 Å². The zero-order valence-corrected chi connectivity index (χ0v) is 21.9. The first kappa shape index (κ1) is 27.8. The lowest BCUT2D eigenvalue weighted by Gasteiger charge is -2.59. The van der Waals surface area contributed by atoms with E-state index in [0.717, 1.165) is 31.7 Å². The Morgan fingerprint density at radius 3 is 2.39 bits per heavy atom. The largest absolute Gasteiger partial charge is 0.453 e. The van der Waals surface area contributed by atoms with Crippen LogP contribution < -0.4 is 16.0 Å². The third-order valence-electron chi connectivity index (χ3n) is 7.70. The molecule has 4 aliphatic carbocycles. The van der Waals surface area contributed by atoms with Crippen LogP contribution in [0.4, 0.5) is 22.8 Å². The van der Waals surface area contributed by atoms with Crippen LogP contribution in [0, 0.1) is 17.8 Å². The van der Waals surface area contributed by atoms with Gasteiger partial charge in [-0.15, -0.1) is 0 Å². The van der Waals surface area contributed by atoms with Crippen LogP contribution in [0.1, 0.15) is 68.9 Å². The Bertz CT molecular complexity index is 1100. The van der Waals surface area contributed by atoms with E-state index >= 15 is 0 Å². The first-order valence-corrected chi connectivity index (χ1v) is 12.7. The van der Waals surface area contributed by atoms with Crippen molar-refractivity contribution in [3.05, 3.63) is 23.5 Å². The number of amides is 3. The van der Waals surface area contributed by atoms with Crippen molar-refractivity contribution in [2.24, 2.45) is 17.8 Å². The van der Waals surface area contributed by atoms with Gasteiger partial charge in [0.05, 0.1) is 24.4 Å². The molecule has 1 aromatic heterocycles. The van der Waals surface area contributed by atoms with Crippen LogP contribution in [-0.2, 0) is 15.7 Å². The van der Waals surface area contributed by atoms with Gasteiger partial charge in [-0.3, -0.25) is 4.79 Å². The number of nitrogens with zero attached hydrogens (tertiary/aromatic N) is 2. The summed E-state index contributed by atoms with van der Waals surface area (Å²) in [5, 5.41) is 11.8. The fourth-order valence-corrected chi connectivity index (χ4v) is 6.45. The van der Waals surface area contributed by atoms with Crippen molar-refractivity contribution < 1.29 is 37.0 Å². The smallest absolute Gasteiger partial charge is 0.434 e. The minimum absolute atomic E-state index is 0.00843. The zero-order valence-electron chi connectivity index (χ0n) is 21.9. The first-order valence-electron chi connectivity index (χ1n) is 12.7. The topological polar surface area (TPSA) is 124 Å². The van der Waals surface area contributed by atoms with Gasteiger partial charge in [0.15, 0.2) is 5.69 Å². The average molecular weight is 542 g/mol. The molecule has 0 spiro atoms. The molecule has 2 atom stereocenters. The van der Waals surface area contributed by atoms with Gasteiger partial charge in [0.1, 0.15) is 5.60 Å². The molecule has 0 aliphatic heterocycles. The predicted octanol–water partition coefficient (Wildman–Crippen LogP) is 3.93. The summed E-state index contributed by atoms with van der Waals surface area (Å²) in [6, 6.07) is -0.312. The van der Waals surface area contributed by atoms with Gasteiger partial charge in [-0.05, 0) is 76.7 Å². The molecule has 3 amide bonds. The predicted molar refractivity (Wildman–Crippen MR) is 130 cm³/mol. The van der Waals surface area contributed by atoms with Crippen molar-refractivity contribution in [3.63, 3.8) is 0 Å². The maximum absolute atomic E-state index is 14.1. The van der Waals surface area contributed by atoms with Crippen molar-refractivity contribution in [2.75, 3.05) is 13.7 Å². The van der Waals surface area contributed by atoms with Crippen molar-refractivity contribution in [1.82, 2.24) is 25.7 Å². The number of alkyl halides is 3. The van der Waals surface area contributed by atoms with Gasteiger partial charge in [-0.2, -0.15) is 18.3 Å². The lowest BCUT2D eigenvalue weighted by Crippen LogP contribution is -2.63. The van der Waals surface area contributed by atoms with Crippen LogP contribution in [0.15, 0.2) is 12.3 Å². The molecule has 0 aromatic carbocycles. The molecule has 5 rings (SSSR count). The highest BCUT2D eigenvalue weighted by Gasteiger charge is 2.58. The molecular formula is C25H34F3N5O5. The molecule has 38 heavy (non-hydrogen) atoms. The summed E-state index contributed by atoms with van der Waals surface area (Å²) in [5.74, 6) is -0.473. The number of carbonyl (C=O) groups excluding carboxylic acids is 3. The van der Waals surface area contributed by atoms with E-state index in [9.17, 15) is 27.6 Å². The fraction of sp³-hybridized carbons (Fsp3) is 0.680. The highest BCUT2D eigenvalue weighted by Crippen LogP contribution is 2.57. The number of methoxy groups -OCH3 is 1. The van der Waals surface area contributed by atoms with Gasteiger partial charge in [0, 0.05) is 18.8 Å². The van der Waals surface area contributed by atoms with Crippen LogP contribution >= 0.6 is 0 Å². The van der Waals surface area contributed by atoms with Crippen molar-refractivity contribution in [2.45, 2.75) is 76.2 Å². The molecule has 13 heteroatoms. The third-order valence-corrected chi connectivity index (χ3v) is 7.70. The lowest BCUT2D eigenvalue weighted by molar-refractivity contribution is -0.143. The number of hydrogen-bond acceptors (Lipinski definition) is 6. The van der Waals surface area contributed by atoms with Gasteiger partial charge >= 0.3 is 18.4 Å². The Labute approximate surface area is 218 Å². The highest BCUT2D eigenvalue weighted by molar-refractivity contribution is 5.95. The van der Waals surface area contributed by atoms with Gasteiger partial charge in [0.2, 0.25) is 0 Å². The molecule has 4 fully saturated rings. The van der Waals surface area contributed by atoms with Crippen molar-refractivity contribution >= 4 is 24.3 Å².